The standard InChI is InChI=1S/Cl2Si.Si/c1-3-2;. The summed E-state index contributed by atoms with van der Waals surface area (Å²) in [6, 6.07) is 0. The van der Waals surface area contributed by atoms with E-state index in [9.17, 15) is 0 Å². The van der Waals surface area contributed by atoms with Gasteiger partial charge in [-0.25, -0.2) is 0 Å². The molecule has 0 bridgehead atoms. The normalized spacial score (nSPS) is 4.50. The predicted molar refractivity (Wildman–Crippen MR) is 23.2 cm³/mol. The van der Waals surface area contributed by atoms with Crippen molar-refractivity contribution in [3.8, 4) is 0 Å². The molecule has 0 saturated carbocycles. The smallest absolute Gasteiger partial charge is 0.148 e. The molecule has 0 aromatic heterocycles. The van der Waals surface area contributed by atoms with Gasteiger partial charge >= 0.3 is 0 Å². The van der Waals surface area contributed by atoms with E-state index >= 15 is 0 Å². The number of hydrogen-bond acceptors (Lipinski definition) is 0. The van der Waals surface area contributed by atoms with Crippen molar-refractivity contribution in [1.82, 2.24) is 0 Å². The van der Waals surface area contributed by atoms with Gasteiger partial charge in [-0.1, -0.05) is 0 Å². The second kappa shape index (κ2) is 8.99. The first-order chi connectivity index (χ1) is 1.41. The van der Waals surface area contributed by atoms with Crippen LogP contribution in [0.2, 0.25) is 0 Å². The molecule has 0 aliphatic carbocycles. The molecule has 4 heavy (non-hydrogen) atoms. The van der Waals surface area contributed by atoms with Crippen LogP contribution in [-0.4, -0.2) is 19.1 Å². The highest BCUT2D eigenvalue weighted by Gasteiger charge is 1.51. The number of hydrogen-bond donors (Lipinski definition) is 0. The van der Waals surface area contributed by atoms with Crippen molar-refractivity contribution in [3.63, 3.8) is 0 Å². The Morgan fingerprint density at radius 1 is 1.25 bits per heavy atom. The van der Waals surface area contributed by atoms with E-state index in [0.29, 0.717) is 0 Å². The van der Waals surface area contributed by atoms with E-state index in [1.54, 1.807) is 0 Å². The second-order valence-corrected chi connectivity index (χ2v) is 1.93. The fourth-order valence-electron chi connectivity index (χ4n) is 0. The van der Waals surface area contributed by atoms with Crippen LogP contribution in [0.15, 0.2) is 0 Å². The van der Waals surface area contributed by atoms with Crippen LogP contribution >= 0.6 is 22.2 Å². The van der Waals surface area contributed by atoms with Crippen molar-refractivity contribution in [3.05, 3.63) is 0 Å². The molecule has 0 fully saturated rings. The van der Waals surface area contributed by atoms with Gasteiger partial charge in [0.05, 0.1) is 0 Å². The zero-order chi connectivity index (χ0) is 2.71. The van der Waals surface area contributed by atoms with Crippen LogP contribution in [0.1, 0.15) is 0 Å². The van der Waals surface area contributed by atoms with Gasteiger partial charge in [0, 0.05) is 11.0 Å². The molecule has 6 radical (unpaired) electrons. The van der Waals surface area contributed by atoms with E-state index in [4.69, 9.17) is 22.2 Å². The number of rotatable bonds is 0. The fraction of sp³-hybridized carbons (Fsp3) is 0. The minimum atomic E-state index is 0. The molecule has 0 unspecified atom stereocenters. The summed E-state index contributed by atoms with van der Waals surface area (Å²) in [7, 11) is 0.0278. The van der Waals surface area contributed by atoms with E-state index < -0.39 is 0 Å². The lowest BCUT2D eigenvalue weighted by Crippen LogP contribution is -1.36. The van der Waals surface area contributed by atoms with Gasteiger partial charge in [0.1, 0.15) is 0 Å². The van der Waals surface area contributed by atoms with E-state index in [1.165, 1.54) is 0 Å². The Hall–Kier alpha value is 1.01. The molecule has 0 atom stereocenters. The Labute approximate surface area is 41.7 Å². The third kappa shape index (κ3) is 11.9. The van der Waals surface area contributed by atoms with Crippen molar-refractivity contribution in [2.75, 3.05) is 0 Å². The van der Waals surface area contributed by atoms with Crippen molar-refractivity contribution in [1.29, 1.82) is 0 Å². The van der Waals surface area contributed by atoms with E-state index in [1.807, 2.05) is 0 Å². The van der Waals surface area contributed by atoms with Gasteiger partial charge in [-0.15, -0.1) is 22.2 Å². The average Bonchev–Trinajstić information content (AvgIpc) is 0.918. The predicted octanol–water partition coefficient (Wildman–Crippen LogP) is 0.617. The minimum absolute atomic E-state index is 0. The molecule has 0 rings (SSSR count). The SMILES string of the molecule is Cl[Si]Cl.[Si]. The van der Waals surface area contributed by atoms with Crippen LogP contribution in [0.4, 0.5) is 0 Å². The quantitative estimate of drug-likeness (QED) is 0.330. The van der Waals surface area contributed by atoms with E-state index in [0.717, 1.165) is 0 Å². The Morgan fingerprint density at radius 2 is 1.25 bits per heavy atom. The highest BCUT2D eigenvalue weighted by Crippen LogP contribution is 1.67. The third-order valence-electron chi connectivity index (χ3n) is 0. The monoisotopic (exact) mass is 126 g/mol. The molecule has 0 spiro atoms. The van der Waals surface area contributed by atoms with E-state index in [2.05, 4.69) is 0 Å². The van der Waals surface area contributed by atoms with Gasteiger partial charge in [0.15, 0.2) is 0 Å². The highest BCUT2D eigenvalue weighted by atomic mass is 35.7. The third-order valence-corrected chi connectivity index (χ3v) is 0. The highest BCUT2D eigenvalue weighted by molar-refractivity contribution is 7.22. The van der Waals surface area contributed by atoms with Crippen LogP contribution < -0.4 is 0 Å². The average molecular weight is 127 g/mol. The summed E-state index contributed by atoms with van der Waals surface area (Å²) >= 11 is 9.58. The summed E-state index contributed by atoms with van der Waals surface area (Å²) in [6.07, 6.45) is 0. The summed E-state index contributed by atoms with van der Waals surface area (Å²) < 4.78 is 0. The molecule has 0 aliphatic rings. The van der Waals surface area contributed by atoms with Crippen LogP contribution in [0.3, 0.4) is 0 Å². The van der Waals surface area contributed by atoms with Gasteiger partial charge in [-0.3, -0.25) is 0 Å². The maximum atomic E-state index is 4.79. The molecular weight excluding hydrogens is 127 g/mol. The molecule has 0 aromatic rings. The van der Waals surface area contributed by atoms with E-state index in [-0.39, 0.29) is 19.1 Å². The molecule has 0 aromatic carbocycles. The molecule has 0 nitrogen and oxygen atoms in total. The topological polar surface area (TPSA) is 0 Å². The van der Waals surface area contributed by atoms with Gasteiger partial charge in [0.25, 0.3) is 8.14 Å². The Balaban J connectivity index is 0. The number of halogens is 2. The first kappa shape index (κ1) is 8.89. The van der Waals surface area contributed by atoms with Gasteiger partial charge in [-0.2, -0.15) is 0 Å². The van der Waals surface area contributed by atoms with Crippen LogP contribution in [-0.2, 0) is 0 Å². The molecular formula is Cl2Si2. The summed E-state index contributed by atoms with van der Waals surface area (Å²) in [6.45, 7) is 0. The lowest BCUT2D eigenvalue weighted by atomic mass is 27.8. The maximum absolute atomic E-state index is 4.79. The summed E-state index contributed by atoms with van der Waals surface area (Å²) in [5, 5.41) is 0. The Bertz CT molecular complexity index is 4.00. The van der Waals surface area contributed by atoms with Gasteiger partial charge in [0.2, 0.25) is 0 Å². The second-order valence-electron chi connectivity index (χ2n) is 0.0714. The first-order valence-corrected chi connectivity index (χ1v) is 3.40. The van der Waals surface area contributed by atoms with Crippen LogP contribution in [0.25, 0.3) is 0 Å². The van der Waals surface area contributed by atoms with Gasteiger partial charge in [-0.05, 0) is 0 Å². The molecule has 0 heterocycles. The van der Waals surface area contributed by atoms with Crippen molar-refractivity contribution >= 4 is 41.3 Å². The maximum Gasteiger partial charge on any atom is 0.295 e. The van der Waals surface area contributed by atoms with Crippen molar-refractivity contribution in [2.45, 2.75) is 0 Å². The lowest BCUT2D eigenvalue weighted by Gasteiger charge is -1.36. The lowest BCUT2D eigenvalue weighted by molar-refractivity contribution is 4.39. The molecule has 0 N–H and O–H groups in total. The Kier molecular flexibility index (Phi) is 20.0. The minimum Gasteiger partial charge on any atom is -0.148 e. The molecule has 0 saturated heterocycles. The largest absolute Gasteiger partial charge is 0.295 e. The fourth-order valence-corrected chi connectivity index (χ4v) is 0. The first-order valence-electron chi connectivity index (χ1n) is 0.378. The van der Waals surface area contributed by atoms with Crippen LogP contribution in [0, 0.1) is 0 Å². The summed E-state index contributed by atoms with van der Waals surface area (Å²) in [4.78, 5) is 0. The van der Waals surface area contributed by atoms with Gasteiger partial charge < -0.3 is 0 Å². The summed E-state index contributed by atoms with van der Waals surface area (Å²) in [5.74, 6) is 0. The summed E-state index contributed by atoms with van der Waals surface area (Å²) in [5.41, 5.74) is 0. The van der Waals surface area contributed by atoms with Crippen LogP contribution in [0.5, 0.6) is 0 Å². The van der Waals surface area contributed by atoms with Crippen molar-refractivity contribution < 1.29 is 0 Å². The zero-order valence-corrected chi connectivity index (χ0v) is 5.27. The molecule has 4 heteroatoms. The molecule has 22 valence electrons. The zero-order valence-electron chi connectivity index (χ0n) is 1.76. The molecule has 0 aliphatic heterocycles. The Morgan fingerprint density at radius 3 is 1.25 bits per heavy atom. The molecule has 0 amide bonds. The van der Waals surface area contributed by atoms with Crippen molar-refractivity contribution in [2.24, 2.45) is 0 Å².